The van der Waals surface area contributed by atoms with Crippen LogP contribution in [0.2, 0.25) is 5.02 Å². The van der Waals surface area contributed by atoms with Gasteiger partial charge in [-0.1, -0.05) is 17.7 Å². The SMILES string of the molecule is CON(C(=O)c1cn(C)nc1C(F)F)C(C)[C@@H]1C[C@H]1c1c(F)cccc1Cl. The second kappa shape index (κ2) is 7.52. The Morgan fingerprint density at radius 1 is 1.44 bits per heavy atom. The Bertz CT molecular complexity index is 838. The number of aryl methyl sites for hydroxylation is 1. The molecule has 1 aliphatic rings. The lowest BCUT2D eigenvalue weighted by molar-refractivity contribution is -0.124. The summed E-state index contributed by atoms with van der Waals surface area (Å²) >= 11 is 6.12. The van der Waals surface area contributed by atoms with Crippen molar-refractivity contribution in [3.05, 3.63) is 52.1 Å². The predicted molar refractivity (Wildman–Crippen MR) is 93.1 cm³/mol. The van der Waals surface area contributed by atoms with Crippen LogP contribution in [0.5, 0.6) is 0 Å². The van der Waals surface area contributed by atoms with Gasteiger partial charge in [-0.25, -0.2) is 18.2 Å². The molecule has 0 aliphatic heterocycles. The third kappa shape index (κ3) is 3.68. The number of hydrogen-bond donors (Lipinski definition) is 0. The summed E-state index contributed by atoms with van der Waals surface area (Å²) < 4.78 is 41.6. The lowest BCUT2D eigenvalue weighted by Gasteiger charge is -2.27. The van der Waals surface area contributed by atoms with Gasteiger partial charge in [-0.2, -0.15) is 5.10 Å². The van der Waals surface area contributed by atoms with Crippen LogP contribution in [0.15, 0.2) is 24.4 Å². The summed E-state index contributed by atoms with van der Waals surface area (Å²) in [6, 6.07) is 4.02. The highest BCUT2D eigenvalue weighted by Gasteiger charge is 2.48. The molecule has 1 saturated carbocycles. The summed E-state index contributed by atoms with van der Waals surface area (Å²) in [5.74, 6) is -1.37. The third-order valence-electron chi connectivity index (χ3n) is 4.89. The highest BCUT2D eigenvalue weighted by Crippen LogP contribution is 2.53. The van der Waals surface area contributed by atoms with Crippen LogP contribution in [0.4, 0.5) is 13.2 Å². The second-order valence-corrected chi connectivity index (χ2v) is 7.01. The summed E-state index contributed by atoms with van der Waals surface area (Å²) in [5.41, 5.74) is -0.405. The average Bonchev–Trinajstić information content (AvgIpc) is 3.28. The number of nitrogens with zero attached hydrogens (tertiary/aromatic N) is 3. The van der Waals surface area contributed by atoms with Crippen molar-refractivity contribution in [1.82, 2.24) is 14.8 Å². The number of benzene rings is 1. The quantitative estimate of drug-likeness (QED) is 0.676. The van der Waals surface area contributed by atoms with E-state index < -0.39 is 29.9 Å². The molecule has 1 heterocycles. The smallest absolute Gasteiger partial charge is 0.275 e. The van der Waals surface area contributed by atoms with Crippen LogP contribution in [-0.4, -0.2) is 33.9 Å². The maximum absolute atomic E-state index is 14.1. The van der Waals surface area contributed by atoms with Crippen molar-refractivity contribution < 1.29 is 22.8 Å². The Morgan fingerprint density at radius 3 is 2.74 bits per heavy atom. The average molecular weight is 402 g/mol. The van der Waals surface area contributed by atoms with Crippen molar-refractivity contribution in [3.8, 4) is 0 Å². The number of rotatable bonds is 6. The molecule has 1 amide bonds. The van der Waals surface area contributed by atoms with Crippen LogP contribution < -0.4 is 0 Å². The first kappa shape index (κ1) is 19.7. The van der Waals surface area contributed by atoms with E-state index in [0.29, 0.717) is 17.0 Å². The Morgan fingerprint density at radius 2 is 2.15 bits per heavy atom. The largest absolute Gasteiger partial charge is 0.282 e. The Balaban J connectivity index is 1.82. The molecule has 0 N–H and O–H groups in total. The van der Waals surface area contributed by atoms with Crippen LogP contribution in [0.3, 0.4) is 0 Å². The fourth-order valence-electron chi connectivity index (χ4n) is 3.50. The van der Waals surface area contributed by atoms with Gasteiger partial charge >= 0.3 is 0 Å². The van der Waals surface area contributed by atoms with E-state index in [1.54, 1.807) is 13.0 Å². The lowest BCUT2D eigenvalue weighted by atomic mass is 10.0. The van der Waals surface area contributed by atoms with Gasteiger partial charge in [-0.3, -0.25) is 14.3 Å². The van der Waals surface area contributed by atoms with Crippen molar-refractivity contribution in [3.63, 3.8) is 0 Å². The van der Waals surface area contributed by atoms with Crippen LogP contribution in [-0.2, 0) is 11.9 Å². The zero-order chi connectivity index (χ0) is 19.9. The molecule has 0 radical (unpaired) electrons. The summed E-state index contributed by atoms with van der Waals surface area (Å²) in [6.45, 7) is 1.74. The highest BCUT2D eigenvalue weighted by atomic mass is 35.5. The number of halogens is 4. The summed E-state index contributed by atoms with van der Waals surface area (Å²) in [5, 5.41) is 5.02. The van der Waals surface area contributed by atoms with Gasteiger partial charge < -0.3 is 0 Å². The predicted octanol–water partition coefficient (Wildman–Crippen LogP) is 4.35. The molecule has 0 saturated heterocycles. The number of carbonyl (C=O) groups is 1. The number of carbonyl (C=O) groups excluding carboxylic acids is 1. The maximum atomic E-state index is 14.1. The fraction of sp³-hybridized carbons (Fsp3) is 0.444. The van der Waals surface area contributed by atoms with Crippen LogP contribution in [0.25, 0.3) is 0 Å². The zero-order valence-corrected chi connectivity index (χ0v) is 15.8. The van der Waals surface area contributed by atoms with E-state index in [1.807, 2.05) is 0 Å². The Labute approximate surface area is 159 Å². The number of hydroxylamine groups is 2. The molecule has 2 aromatic rings. The number of hydrogen-bond acceptors (Lipinski definition) is 3. The molecule has 1 aromatic carbocycles. The molecule has 27 heavy (non-hydrogen) atoms. The van der Waals surface area contributed by atoms with E-state index >= 15 is 0 Å². The normalized spacial score (nSPS) is 20.0. The second-order valence-electron chi connectivity index (χ2n) is 6.60. The van der Waals surface area contributed by atoms with E-state index in [-0.39, 0.29) is 17.4 Å². The van der Waals surface area contributed by atoms with E-state index in [0.717, 1.165) is 9.75 Å². The Kier molecular flexibility index (Phi) is 5.48. The van der Waals surface area contributed by atoms with Gasteiger partial charge in [0.1, 0.15) is 11.5 Å². The summed E-state index contributed by atoms with van der Waals surface area (Å²) in [4.78, 5) is 18.0. The van der Waals surface area contributed by atoms with Crippen LogP contribution >= 0.6 is 11.6 Å². The highest BCUT2D eigenvalue weighted by molar-refractivity contribution is 6.31. The van der Waals surface area contributed by atoms with E-state index in [1.165, 1.54) is 32.5 Å². The number of alkyl halides is 2. The molecule has 3 atom stereocenters. The molecule has 5 nitrogen and oxygen atoms in total. The van der Waals surface area contributed by atoms with Gasteiger partial charge in [0.2, 0.25) is 0 Å². The van der Waals surface area contributed by atoms with Crippen molar-refractivity contribution in [1.29, 1.82) is 0 Å². The molecule has 146 valence electrons. The fourth-order valence-corrected chi connectivity index (χ4v) is 3.81. The van der Waals surface area contributed by atoms with Gasteiger partial charge in [0, 0.05) is 23.8 Å². The monoisotopic (exact) mass is 401 g/mol. The van der Waals surface area contributed by atoms with E-state index in [4.69, 9.17) is 16.4 Å². The first-order valence-electron chi connectivity index (χ1n) is 8.39. The number of aromatic nitrogens is 2. The lowest BCUT2D eigenvalue weighted by Crippen LogP contribution is -2.39. The van der Waals surface area contributed by atoms with Gasteiger partial charge in [0.15, 0.2) is 0 Å². The molecule has 0 bridgehead atoms. The molecule has 1 aromatic heterocycles. The molecule has 9 heteroatoms. The maximum Gasteiger partial charge on any atom is 0.282 e. The molecule has 3 rings (SSSR count). The van der Waals surface area contributed by atoms with E-state index in [9.17, 15) is 18.0 Å². The minimum Gasteiger partial charge on any atom is -0.275 e. The minimum absolute atomic E-state index is 0.102. The topological polar surface area (TPSA) is 47.4 Å². The molecular weight excluding hydrogens is 383 g/mol. The first-order chi connectivity index (χ1) is 12.8. The van der Waals surface area contributed by atoms with Crippen molar-refractivity contribution >= 4 is 17.5 Å². The first-order valence-corrected chi connectivity index (χ1v) is 8.77. The summed E-state index contributed by atoms with van der Waals surface area (Å²) in [6.07, 6.45) is -1.03. The van der Waals surface area contributed by atoms with Crippen molar-refractivity contribution in [2.45, 2.75) is 31.7 Å². The van der Waals surface area contributed by atoms with Gasteiger partial charge in [0.05, 0.1) is 18.7 Å². The molecular formula is C18H19ClF3N3O2. The minimum atomic E-state index is -2.88. The molecule has 1 fully saturated rings. The standard InChI is InChI=1S/C18H19ClF3N3O2/c1-9(10-7-11(10)15-13(19)5-4-6-14(15)20)25(27-3)18(26)12-8-24(2)23-16(12)17(21)22/h4-6,8-11,17H,7H2,1-3H3/t9?,10-,11+/m0/s1. The van der Waals surface area contributed by atoms with Crippen molar-refractivity contribution in [2.75, 3.05) is 7.11 Å². The third-order valence-corrected chi connectivity index (χ3v) is 5.22. The zero-order valence-electron chi connectivity index (χ0n) is 15.0. The van der Waals surface area contributed by atoms with Gasteiger partial charge in [-0.15, -0.1) is 0 Å². The molecule has 0 spiro atoms. The van der Waals surface area contributed by atoms with Crippen LogP contribution in [0.1, 0.15) is 47.3 Å². The van der Waals surface area contributed by atoms with E-state index in [2.05, 4.69) is 5.10 Å². The molecule has 1 unspecified atom stereocenters. The van der Waals surface area contributed by atoms with Gasteiger partial charge in [-0.05, 0) is 37.3 Å². The van der Waals surface area contributed by atoms with Crippen LogP contribution in [0, 0.1) is 11.7 Å². The molecule has 1 aliphatic carbocycles. The Hall–Kier alpha value is -2.06. The van der Waals surface area contributed by atoms with Gasteiger partial charge in [0.25, 0.3) is 12.3 Å². The van der Waals surface area contributed by atoms with Crippen molar-refractivity contribution in [2.24, 2.45) is 13.0 Å². The summed E-state index contributed by atoms with van der Waals surface area (Å²) in [7, 11) is 2.75. The number of amides is 1.